The smallest absolute Gasteiger partial charge is 0.395 e. The SMILES string of the molecule is CCn1c(NC)c(N)c2ccc(C(F)(F)F)cc21. The van der Waals surface area contributed by atoms with Crippen molar-refractivity contribution in [3.05, 3.63) is 23.8 Å². The Morgan fingerprint density at radius 2 is 2.00 bits per heavy atom. The zero-order valence-electron chi connectivity index (χ0n) is 10.1. The second-order valence-electron chi connectivity index (χ2n) is 3.99. The van der Waals surface area contributed by atoms with Crippen LogP contribution in [0, 0.1) is 0 Å². The lowest BCUT2D eigenvalue weighted by molar-refractivity contribution is -0.137. The summed E-state index contributed by atoms with van der Waals surface area (Å²) in [6, 6.07) is 3.61. The molecule has 0 unspecified atom stereocenters. The van der Waals surface area contributed by atoms with E-state index in [9.17, 15) is 13.2 Å². The molecule has 3 N–H and O–H groups in total. The van der Waals surface area contributed by atoms with Gasteiger partial charge in [0.25, 0.3) is 0 Å². The number of anilines is 2. The van der Waals surface area contributed by atoms with Gasteiger partial charge in [0, 0.05) is 19.0 Å². The molecule has 1 aromatic heterocycles. The van der Waals surface area contributed by atoms with Crippen molar-refractivity contribution in [1.29, 1.82) is 0 Å². The van der Waals surface area contributed by atoms with Gasteiger partial charge in [-0.05, 0) is 19.1 Å². The Bertz CT molecular complexity index is 584. The predicted molar refractivity (Wildman–Crippen MR) is 66.6 cm³/mol. The van der Waals surface area contributed by atoms with E-state index in [0.29, 0.717) is 29.0 Å². The number of rotatable bonds is 2. The largest absolute Gasteiger partial charge is 0.416 e. The van der Waals surface area contributed by atoms with Gasteiger partial charge >= 0.3 is 6.18 Å². The molecule has 0 fully saturated rings. The number of nitrogens with two attached hydrogens (primary N) is 1. The third kappa shape index (κ3) is 1.77. The third-order valence-corrected chi connectivity index (χ3v) is 2.98. The van der Waals surface area contributed by atoms with E-state index in [0.717, 1.165) is 12.1 Å². The van der Waals surface area contributed by atoms with Gasteiger partial charge in [-0.3, -0.25) is 0 Å². The summed E-state index contributed by atoms with van der Waals surface area (Å²) in [5, 5.41) is 3.55. The first-order chi connectivity index (χ1) is 8.40. The average molecular weight is 257 g/mol. The van der Waals surface area contributed by atoms with Gasteiger partial charge in [-0.2, -0.15) is 13.2 Å². The minimum Gasteiger partial charge on any atom is -0.395 e. The molecule has 0 amide bonds. The molecule has 0 aliphatic heterocycles. The summed E-state index contributed by atoms with van der Waals surface area (Å²) in [6.07, 6.45) is -4.34. The average Bonchev–Trinajstić information content (AvgIpc) is 2.60. The van der Waals surface area contributed by atoms with Crippen LogP contribution in [-0.2, 0) is 12.7 Å². The molecule has 0 aliphatic carbocycles. The number of hydrogen-bond acceptors (Lipinski definition) is 2. The van der Waals surface area contributed by atoms with Crippen molar-refractivity contribution in [2.75, 3.05) is 18.1 Å². The molecule has 0 spiro atoms. The zero-order chi connectivity index (χ0) is 13.5. The molecule has 2 rings (SSSR count). The van der Waals surface area contributed by atoms with E-state index in [4.69, 9.17) is 5.73 Å². The molecule has 6 heteroatoms. The van der Waals surface area contributed by atoms with E-state index in [1.54, 1.807) is 11.6 Å². The van der Waals surface area contributed by atoms with Crippen LogP contribution in [0.2, 0.25) is 0 Å². The van der Waals surface area contributed by atoms with Crippen molar-refractivity contribution in [3.63, 3.8) is 0 Å². The summed E-state index contributed by atoms with van der Waals surface area (Å²) in [5.74, 6) is 0.645. The molecule has 0 atom stereocenters. The fourth-order valence-electron chi connectivity index (χ4n) is 2.15. The first kappa shape index (κ1) is 12.6. The highest BCUT2D eigenvalue weighted by atomic mass is 19.4. The Labute approximate surface area is 102 Å². The van der Waals surface area contributed by atoms with Crippen molar-refractivity contribution in [1.82, 2.24) is 4.57 Å². The molecule has 0 aliphatic rings. The van der Waals surface area contributed by atoms with Crippen LogP contribution in [0.1, 0.15) is 12.5 Å². The Morgan fingerprint density at radius 1 is 1.33 bits per heavy atom. The molecule has 0 saturated heterocycles. The molecular weight excluding hydrogens is 243 g/mol. The van der Waals surface area contributed by atoms with Gasteiger partial charge < -0.3 is 15.6 Å². The molecule has 1 heterocycles. The van der Waals surface area contributed by atoms with Crippen LogP contribution < -0.4 is 11.1 Å². The quantitative estimate of drug-likeness (QED) is 0.866. The molecule has 3 nitrogen and oxygen atoms in total. The van der Waals surface area contributed by atoms with Gasteiger partial charge in [-0.25, -0.2) is 0 Å². The normalized spacial score (nSPS) is 12.1. The van der Waals surface area contributed by atoms with E-state index < -0.39 is 11.7 Å². The van der Waals surface area contributed by atoms with Gasteiger partial charge in [0.15, 0.2) is 0 Å². The highest BCUT2D eigenvalue weighted by Gasteiger charge is 2.31. The minimum atomic E-state index is -4.34. The molecule has 18 heavy (non-hydrogen) atoms. The highest BCUT2D eigenvalue weighted by Crippen LogP contribution is 2.37. The number of fused-ring (bicyclic) bond motifs is 1. The first-order valence-electron chi connectivity index (χ1n) is 5.56. The maximum atomic E-state index is 12.7. The van der Waals surface area contributed by atoms with Crippen LogP contribution in [0.25, 0.3) is 10.9 Å². The van der Waals surface area contributed by atoms with E-state index in [1.165, 1.54) is 6.07 Å². The molecule has 0 bridgehead atoms. The van der Waals surface area contributed by atoms with Gasteiger partial charge in [0.2, 0.25) is 0 Å². The number of aryl methyl sites for hydroxylation is 1. The van der Waals surface area contributed by atoms with Crippen molar-refractivity contribution in [2.24, 2.45) is 0 Å². The number of benzene rings is 1. The summed E-state index contributed by atoms with van der Waals surface area (Å²) < 4.78 is 39.8. The number of nitrogen functional groups attached to an aromatic ring is 1. The molecular formula is C12H14F3N3. The topological polar surface area (TPSA) is 43.0 Å². The molecule has 0 radical (unpaired) electrons. The van der Waals surface area contributed by atoms with E-state index in [-0.39, 0.29) is 0 Å². The van der Waals surface area contributed by atoms with E-state index in [2.05, 4.69) is 5.32 Å². The molecule has 0 saturated carbocycles. The summed E-state index contributed by atoms with van der Waals surface area (Å²) in [5.41, 5.74) is 6.23. The Kier molecular flexibility index (Phi) is 2.88. The first-order valence-corrected chi connectivity index (χ1v) is 5.56. The second kappa shape index (κ2) is 4.12. The Morgan fingerprint density at radius 3 is 2.50 bits per heavy atom. The number of halogens is 3. The summed E-state index contributed by atoms with van der Waals surface area (Å²) in [6.45, 7) is 2.41. The standard InChI is InChI=1S/C12H14F3N3/c1-3-18-9-6-7(12(13,14)15)4-5-8(9)10(16)11(18)17-2/h4-6,17H,3,16H2,1-2H3. The maximum Gasteiger partial charge on any atom is 0.416 e. The fraction of sp³-hybridized carbons (Fsp3) is 0.333. The number of hydrogen-bond donors (Lipinski definition) is 2. The van der Waals surface area contributed by atoms with Crippen LogP contribution in [0.15, 0.2) is 18.2 Å². The van der Waals surface area contributed by atoms with E-state index >= 15 is 0 Å². The van der Waals surface area contributed by atoms with Crippen LogP contribution >= 0.6 is 0 Å². The Hall–Kier alpha value is -1.85. The number of nitrogens with one attached hydrogen (secondary N) is 1. The third-order valence-electron chi connectivity index (χ3n) is 2.98. The van der Waals surface area contributed by atoms with Crippen molar-refractivity contribution >= 4 is 22.4 Å². The summed E-state index contributed by atoms with van der Waals surface area (Å²) in [4.78, 5) is 0. The number of aromatic nitrogens is 1. The molecule has 1 aromatic carbocycles. The van der Waals surface area contributed by atoms with Crippen molar-refractivity contribution in [3.8, 4) is 0 Å². The molecule has 2 aromatic rings. The number of alkyl halides is 3. The summed E-state index contributed by atoms with van der Waals surface area (Å²) in [7, 11) is 1.70. The monoisotopic (exact) mass is 257 g/mol. The van der Waals surface area contributed by atoms with Gasteiger partial charge in [0.1, 0.15) is 5.82 Å². The lowest BCUT2D eigenvalue weighted by Crippen LogP contribution is -2.05. The Balaban J connectivity index is 2.77. The highest BCUT2D eigenvalue weighted by molar-refractivity contribution is 5.99. The van der Waals surface area contributed by atoms with Crippen LogP contribution in [0.5, 0.6) is 0 Å². The predicted octanol–water partition coefficient (Wildman–Crippen LogP) is 3.30. The second-order valence-corrected chi connectivity index (χ2v) is 3.99. The maximum absolute atomic E-state index is 12.7. The van der Waals surface area contributed by atoms with Crippen molar-refractivity contribution in [2.45, 2.75) is 19.6 Å². The molecule has 98 valence electrons. The van der Waals surface area contributed by atoms with Gasteiger partial charge in [0.05, 0.1) is 16.8 Å². The summed E-state index contributed by atoms with van der Waals surface area (Å²) >= 11 is 0. The lowest BCUT2D eigenvalue weighted by atomic mass is 10.1. The van der Waals surface area contributed by atoms with Gasteiger partial charge in [-0.15, -0.1) is 0 Å². The van der Waals surface area contributed by atoms with Crippen molar-refractivity contribution < 1.29 is 13.2 Å². The zero-order valence-corrected chi connectivity index (χ0v) is 10.1. The number of nitrogens with zero attached hydrogens (tertiary/aromatic N) is 1. The lowest BCUT2D eigenvalue weighted by Gasteiger charge is -2.09. The van der Waals surface area contributed by atoms with Crippen LogP contribution in [0.4, 0.5) is 24.7 Å². The van der Waals surface area contributed by atoms with Crippen LogP contribution in [-0.4, -0.2) is 11.6 Å². The van der Waals surface area contributed by atoms with Crippen LogP contribution in [0.3, 0.4) is 0 Å². The fourth-order valence-corrected chi connectivity index (χ4v) is 2.15. The minimum absolute atomic E-state index is 0.475. The van der Waals surface area contributed by atoms with Gasteiger partial charge in [-0.1, -0.05) is 6.07 Å². The van der Waals surface area contributed by atoms with E-state index in [1.807, 2.05) is 6.92 Å².